The quantitative estimate of drug-likeness (QED) is 0.731. The van der Waals surface area contributed by atoms with Crippen molar-refractivity contribution >= 4 is 27.5 Å². The summed E-state index contributed by atoms with van der Waals surface area (Å²) in [5.74, 6) is 0.321. The van der Waals surface area contributed by atoms with Gasteiger partial charge in [0.2, 0.25) is 0 Å². The molecule has 1 fully saturated rings. The first-order valence-electron chi connectivity index (χ1n) is 5.79. The van der Waals surface area contributed by atoms with Gasteiger partial charge in [-0.15, -0.1) is 0 Å². The van der Waals surface area contributed by atoms with Gasteiger partial charge in [-0.25, -0.2) is 14.4 Å². The van der Waals surface area contributed by atoms with Crippen LogP contribution in [-0.2, 0) is 4.74 Å². The fourth-order valence-electron chi connectivity index (χ4n) is 2.19. The van der Waals surface area contributed by atoms with Crippen molar-refractivity contribution in [3.05, 3.63) is 22.1 Å². The average Bonchev–Trinajstić information content (AvgIpc) is 2.80. The summed E-state index contributed by atoms with van der Waals surface area (Å²) < 4.78 is 19.9. The molecule has 5 heteroatoms. The van der Waals surface area contributed by atoms with E-state index in [0.717, 1.165) is 31.6 Å². The van der Waals surface area contributed by atoms with Crippen LogP contribution in [0.25, 0.3) is 0 Å². The first-order valence-corrected chi connectivity index (χ1v) is 6.59. The second-order valence-corrected chi connectivity index (χ2v) is 5.16. The van der Waals surface area contributed by atoms with E-state index in [0.29, 0.717) is 22.4 Å². The number of aliphatic imine (C=N–C) groups is 2. The van der Waals surface area contributed by atoms with Gasteiger partial charge in [0.05, 0.1) is 10.2 Å². The van der Waals surface area contributed by atoms with E-state index in [1.165, 1.54) is 0 Å². The molecule has 0 bridgehead atoms. The Labute approximate surface area is 107 Å². The van der Waals surface area contributed by atoms with Gasteiger partial charge in [0.1, 0.15) is 11.8 Å². The molecule has 0 radical (unpaired) electrons. The number of allylic oxidation sites excluding steroid dienone is 4. The van der Waals surface area contributed by atoms with Crippen molar-refractivity contribution in [2.24, 2.45) is 9.98 Å². The van der Waals surface area contributed by atoms with E-state index >= 15 is 0 Å². The molecule has 3 nitrogen and oxygen atoms in total. The van der Waals surface area contributed by atoms with E-state index in [-0.39, 0.29) is 11.9 Å². The molecular formula is C12H12BrFN2O. The molecule has 2 aliphatic heterocycles. The molecule has 0 aromatic heterocycles. The predicted octanol–water partition coefficient (Wildman–Crippen LogP) is 3.27. The number of rotatable bonds is 1. The maximum absolute atomic E-state index is 13.8. The topological polar surface area (TPSA) is 34.0 Å². The molecule has 90 valence electrons. The minimum absolute atomic E-state index is 0.0547. The first kappa shape index (κ1) is 11.3. The number of amidine groups is 1. The minimum Gasteiger partial charge on any atom is -0.370 e. The van der Waals surface area contributed by atoms with Gasteiger partial charge in [0.15, 0.2) is 11.7 Å². The van der Waals surface area contributed by atoms with Crippen LogP contribution in [0, 0.1) is 0 Å². The highest BCUT2D eigenvalue weighted by Crippen LogP contribution is 2.33. The Hall–Kier alpha value is -0.810. The molecule has 1 saturated heterocycles. The third-order valence-corrected chi connectivity index (χ3v) is 3.78. The SMILES string of the molecule is FC1=C2N=C(C3CCCCO3)N=C2CC=C1Br. The second-order valence-electron chi connectivity index (χ2n) is 4.30. The highest BCUT2D eigenvalue weighted by Gasteiger charge is 2.29. The van der Waals surface area contributed by atoms with E-state index in [1.807, 2.05) is 0 Å². The molecule has 1 aliphatic carbocycles. The average molecular weight is 299 g/mol. The number of hydrogen-bond donors (Lipinski definition) is 0. The van der Waals surface area contributed by atoms with Crippen LogP contribution in [0.5, 0.6) is 0 Å². The normalized spacial score (nSPS) is 28.6. The molecule has 0 N–H and O–H groups in total. The molecule has 1 atom stereocenters. The van der Waals surface area contributed by atoms with Gasteiger partial charge in [-0.05, 0) is 35.2 Å². The van der Waals surface area contributed by atoms with Gasteiger partial charge in [-0.3, -0.25) is 0 Å². The Morgan fingerprint density at radius 1 is 1.35 bits per heavy atom. The lowest BCUT2D eigenvalue weighted by atomic mass is 10.1. The van der Waals surface area contributed by atoms with Crippen molar-refractivity contribution in [1.29, 1.82) is 0 Å². The van der Waals surface area contributed by atoms with Crippen LogP contribution in [0.15, 0.2) is 32.1 Å². The Bertz CT molecular complexity index is 473. The van der Waals surface area contributed by atoms with E-state index in [4.69, 9.17) is 4.74 Å². The third kappa shape index (κ3) is 2.02. The number of ether oxygens (including phenoxy) is 1. The maximum Gasteiger partial charge on any atom is 0.164 e. The lowest BCUT2D eigenvalue weighted by Gasteiger charge is -2.20. The molecule has 3 aliphatic rings. The first-order chi connectivity index (χ1) is 8.25. The zero-order valence-corrected chi connectivity index (χ0v) is 10.8. The van der Waals surface area contributed by atoms with Crippen molar-refractivity contribution in [3.63, 3.8) is 0 Å². The third-order valence-electron chi connectivity index (χ3n) is 3.11. The second kappa shape index (κ2) is 4.46. The van der Waals surface area contributed by atoms with E-state index < -0.39 is 0 Å². The van der Waals surface area contributed by atoms with Crippen molar-refractivity contribution in [1.82, 2.24) is 0 Å². The number of fused-ring (bicyclic) bond motifs is 1. The van der Waals surface area contributed by atoms with E-state index in [1.54, 1.807) is 6.08 Å². The highest BCUT2D eigenvalue weighted by molar-refractivity contribution is 9.11. The predicted molar refractivity (Wildman–Crippen MR) is 68.2 cm³/mol. The molecule has 0 spiro atoms. The zero-order valence-electron chi connectivity index (χ0n) is 9.25. The molecule has 0 aromatic carbocycles. The lowest BCUT2D eigenvalue weighted by Crippen LogP contribution is -2.26. The fourth-order valence-corrected chi connectivity index (χ4v) is 2.54. The Morgan fingerprint density at radius 2 is 2.24 bits per heavy atom. The van der Waals surface area contributed by atoms with Crippen LogP contribution in [0.1, 0.15) is 25.7 Å². The summed E-state index contributed by atoms with van der Waals surface area (Å²) >= 11 is 3.18. The zero-order chi connectivity index (χ0) is 11.8. The molecule has 3 rings (SSSR count). The minimum atomic E-state index is -0.319. The van der Waals surface area contributed by atoms with Gasteiger partial charge in [-0.1, -0.05) is 6.08 Å². The summed E-state index contributed by atoms with van der Waals surface area (Å²) in [4.78, 5) is 8.68. The number of hydrogen-bond acceptors (Lipinski definition) is 3. The van der Waals surface area contributed by atoms with Gasteiger partial charge < -0.3 is 4.74 Å². The van der Waals surface area contributed by atoms with E-state index in [9.17, 15) is 4.39 Å². The molecule has 1 unspecified atom stereocenters. The monoisotopic (exact) mass is 298 g/mol. The van der Waals surface area contributed by atoms with Crippen molar-refractivity contribution in [2.45, 2.75) is 31.8 Å². The summed E-state index contributed by atoms with van der Waals surface area (Å²) in [6.45, 7) is 0.748. The van der Waals surface area contributed by atoms with Gasteiger partial charge in [-0.2, -0.15) is 0 Å². The Balaban J connectivity index is 1.89. The molecule has 17 heavy (non-hydrogen) atoms. The summed E-state index contributed by atoms with van der Waals surface area (Å²) in [5, 5.41) is 0. The summed E-state index contributed by atoms with van der Waals surface area (Å²) in [7, 11) is 0. The maximum atomic E-state index is 13.8. The Kier molecular flexibility index (Phi) is 2.96. The standard InChI is InChI=1S/C12H12BrFN2O/c13-7-4-5-8-11(10(7)14)16-12(15-8)9-3-1-2-6-17-9/h4,9H,1-3,5-6H2. The highest BCUT2D eigenvalue weighted by atomic mass is 79.9. The van der Waals surface area contributed by atoms with Gasteiger partial charge in [0.25, 0.3) is 0 Å². The summed E-state index contributed by atoms with van der Waals surface area (Å²) in [6.07, 6.45) is 5.49. The van der Waals surface area contributed by atoms with Crippen LogP contribution < -0.4 is 0 Å². The van der Waals surface area contributed by atoms with Crippen LogP contribution in [0.2, 0.25) is 0 Å². The van der Waals surface area contributed by atoms with Crippen LogP contribution in [0.3, 0.4) is 0 Å². The van der Waals surface area contributed by atoms with Gasteiger partial charge in [0, 0.05) is 13.0 Å². The molecule has 0 saturated carbocycles. The summed E-state index contributed by atoms with van der Waals surface area (Å²) in [6, 6.07) is 0. The van der Waals surface area contributed by atoms with Crippen LogP contribution in [-0.4, -0.2) is 24.3 Å². The number of nitrogens with zero attached hydrogens (tertiary/aromatic N) is 2. The molecule has 0 amide bonds. The molecule has 2 heterocycles. The smallest absolute Gasteiger partial charge is 0.164 e. The van der Waals surface area contributed by atoms with Crippen LogP contribution >= 0.6 is 15.9 Å². The van der Waals surface area contributed by atoms with Crippen LogP contribution in [0.4, 0.5) is 4.39 Å². The van der Waals surface area contributed by atoms with Crippen molar-refractivity contribution < 1.29 is 9.13 Å². The fraction of sp³-hybridized carbons (Fsp3) is 0.500. The Morgan fingerprint density at radius 3 is 3.00 bits per heavy atom. The molecule has 0 aromatic rings. The lowest BCUT2D eigenvalue weighted by molar-refractivity contribution is 0.0581. The number of halogens is 2. The summed E-state index contributed by atoms with van der Waals surface area (Å²) in [5.41, 5.74) is 1.10. The van der Waals surface area contributed by atoms with Gasteiger partial charge >= 0.3 is 0 Å². The largest absolute Gasteiger partial charge is 0.370 e. The molecular weight excluding hydrogens is 287 g/mol. The van der Waals surface area contributed by atoms with Crippen molar-refractivity contribution in [3.8, 4) is 0 Å². The van der Waals surface area contributed by atoms with E-state index in [2.05, 4.69) is 25.9 Å². The van der Waals surface area contributed by atoms with Crippen molar-refractivity contribution in [2.75, 3.05) is 6.61 Å².